The fraction of sp³-hybridized carbons (Fsp3) is 0.100. The van der Waals surface area contributed by atoms with Gasteiger partial charge in [0.25, 0.3) is 0 Å². The standard InChI is InChI=1S/C10H8N4O4/c1-18-10(17)6-2-11-3-8(13-6)14-4-7(9(15)16)12-5-14/h2-5H,1H3,(H,15,16). The van der Waals surface area contributed by atoms with Gasteiger partial charge in [-0.2, -0.15) is 0 Å². The van der Waals surface area contributed by atoms with Crippen LogP contribution < -0.4 is 0 Å². The number of carboxylic acids is 1. The number of carboxylic acid groups (broad SMARTS) is 1. The number of ether oxygens (including phenoxy) is 1. The number of nitrogens with zero attached hydrogens (tertiary/aromatic N) is 4. The minimum Gasteiger partial charge on any atom is -0.476 e. The minimum atomic E-state index is -1.15. The Bertz CT molecular complexity index is 607. The maximum absolute atomic E-state index is 11.3. The molecular weight excluding hydrogens is 240 g/mol. The molecule has 0 atom stereocenters. The molecule has 2 rings (SSSR count). The highest BCUT2D eigenvalue weighted by atomic mass is 16.5. The van der Waals surface area contributed by atoms with Crippen LogP contribution >= 0.6 is 0 Å². The Morgan fingerprint density at radius 3 is 2.72 bits per heavy atom. The number of imidazole rings is 1. The molecule has 0 fully saturated rings. The van der Waals surface area contributed by atoms with Crippen molar-refractivity contribution in [2.24, 2.45) is 0 Å². The molecule has 92 valence electrons. The summed E-state index contributed by atoms with van der Waals surface area (Å²) in [6.07, 6.45) is 5.17. The van der Waals surface area contributed by atoms with E-state index >= 15 is 0 Å². The third-order valence-electron chi connectivity index (χ3n) is 2.08. The van der Waals surface area contributed by atoms with Gasteiger partial charge in [-0.05, 0) is 0 Å². The van der Waals surface area contributed by atoms with Gasteiger partial charge in [-0.15, -0.1) is 0 Å². The van der Waals surface area contributed by atoms with Gasteiger partial charge in [0, 0.05) is 6.20 Å². The fourth-order valence-corrected chi connectivity index (χ4v) is 1.24. The fourth-order valence-electron chi connectivity index (χ4n) is 1.24. The highest BCUT2D eigenvalue weighted by Gasteiger charge is 2.11. The summed E-state index contributed by atoms with van der Waals surface area (Å²) < 4.78 is 5.86. The highest BCUT2D eigenvalue weighted by Crippen LogP contribution is 2.06. The summed E-state index contributed by atoms with van der Waals surface area (Å²) in [7, 11) is 1.23. The van der Waals surface area contributed by atoms with Crippen molar-refractivity contribution in [1.29, 1.82) is 0 Å². The lowest BCUT2D eigenvalue weighted by Crippen LogP contribution is -2.07. The number of rotatable bonds is 3. The van der Waals surface area contributed by atoms with Gasteiger partial charge in [0.1, 0.15) is 6.33 Å². The van der Waals surface area contributed by atoms with E-state index in [1.54, 1.807) is 0 Å². The number of methoxy groups -OCH3 is 1. The number of carbonyl (C=O) groups excluding carboxylic acids is 1. The van der Waals surface area contributed by atoms with Gasteiger partial charge in [0.15, 0.2) is 17.2 Å². The first-order chi connectivity index (χ1) is 8.61. The Kier molecular flexibility index (Phi) is 3.00. The van der Waals surface area contributed by atoms with Crippen molar-refractivity contribution < 1.29 is 19.4 Å². The summed E-state index contributed by atoms with van der Waals surface area (Å²) in [4.78, 5) is 33.4. The molecule has 0 unspecified atom stereocenters. The molecule has 0 amide bonds. The molecule has 0 spiro atoms. The topological polar surface area (TPSA) is 107 Å². The van der Waals surface area contributed by atoms with Gasteiger partial charge in [0.05, 0.1) is 19.5 Å². The summed E-state index contributed by atoms with van der Waals surface area (Å²) >= 11 is 0. The van der Waals surface area contributed by atoms with Crippen molar-refractivity contribution in [1.82, 2.24) is 19.5 Å². The average Bonchev–Trinajstić information content (AvgIpc) is 2.88. The van der Waals surface area contributed by atoms with Crippen molar-refractivity contribution >= 4 is 11.9 Å². The van der Waals surface area contributed by atoms with Gasteiger partial charge in [-0.25, -0.2) is 19.6 Å². The van der Waals surface area contributed by atoms with Crippen LogP contribution in [0.25, 0.3) is 5.82 Å². The summed E-state index contributed by atoms with van der Waals surface area (Å²) in [5, 5.41) is 8.74. The lowest BCUT2D eigenvalue weighted by molar-refractivity contribution is 0.0592. The van der Waals surface area contributed by atoms with Crippen LogP contribution in [0, 0.1) is 0 Å². The zero-order chi connectivity index (χ0) is 13.1. The molecule has 0 radical (unpaired) electrons. The Morgan fingerprint density at radius 2 is 2.11 bits per heavy atom. The van der Waals surface area contributed by atoms with E-state index in [1.807, 2.05) is 0 Å². The maximum Gasteiger partial charge on any atom is 0.358 e. The Morgan fingerprint density at radius 1 is 1.33 bits per heavy atom. The molecule has 0 aliphatic rings. The molecule has 0 aliphatic heterocycles. The Hall–Kier alpha value is -2.77. The average molecular weight is 248 g/mol. The molecule has 0 bridgehead atoms. The first-order valence-electron chi connectivity index (χ1n) is 4.80. The van der Waals surface area contributed by atoms with Crippen LogP contribution in [0.1, 0.15) is 21.0 Å². The number of aromatic carboxylic acids is 1. The molecule has 2 aromatic rings. The SMILES string of the molecule is COC(=O)c1cncc(-n2cnc(C(=O)O)c2)n1. The quantitative estimate of drug-likeness (QED) is 0.770. The normalized spacial score (nSPS) is 10.1. The van der Waals surface area contributed by atoms with Gasteiger partial charge < -0.3 is 9.84 Å². The van der Waals surface area contributed by atoms with Gasteiger partial charge in [-0.3, -0.25) is 9.55 Å². The van der Waals surface area contributed by atoms with E-state index in [9.17, 15) is 9.59 Å². The molecule has 0 saturated heterocycles. The molecular formula is C10H8N4O4. The van der Waals surface area contributed by atoms with Crippen LogP contribution in [-0.4, -0.2) is 43.7 Å². The maximum atomic E-state index is 11.3. The van der Waals surface area contributed by atoms with E-state index in [2.05, 4.69) is 19.7 Å². The Labute approximate surface area is 101 Å². The molecule has 0 aromatic carbocycles. The second-order valence-electron chi connectivity index (χ2n) is 3.23. The molecule has 2 aromatic heterocycles. The van der Waals surface area contributed by atoms with E-state index in [0.29, 0.717) is 0 Å². The van der Waals surface area contributed by atoms with Crippen LogP contribution in [0.15, 0.2) is 24.9 Å². The van der Waals surface area contributed by atoms with Crippen LogP contribution in [0.3, 0.4) is 0 Å². The minimum absolute atomic E-state index is 0.0283. The van der Waals surface area contributed by atoms with Crippen molar-refractivity contribution in [3.05, 3.63) is 36.3 Å². The van der Waals surface area contributed by atoms with Crippen LogP contribution in [-0.2, 0) is 4.74 Å². The van der Waals surface area contributed by atoms with Crippen molar-refractivity contribution in [3.8, 4) is 5.82 Å². The number of aromatic nitrogens is 4. The smallest absolute Gasteiger partial charge is 0.358 e. The molecule has 0 saturated carbocycles. The zero-order valence-corrected chi connectivity index (χ0v) is 9.27. The molecule has 18 heavy (non-hydrogen) atoms. The Balaban J connectivity index is 2.38. The van der Waals surface area contributed by atoms with E-state index in [4.69, 9.17) is 5.11 Å². The van der Waals surface area contributed by atoms with Crippen LogP contribution in [0.5, 0.6) is 0 Å². The van der Waals surface area contributed by atoms with Gasteiger partial charge in [-0.1, -0.05) is 0 Å². The second kappa shape index (κ2) is 4.62. The largest absolute Gasteiger partial charge is 0.476 e. The first kappa shape index (κ1) is 11.7. The summed E-state index contributed by atoms with van der Waals surface area (Å²) in [6, 6.07) is 0. The summed E-state index contributed by atoms with van der Waals surface area (Å²) in [5.41, 5.74) is -0.0964. The van der Waals surface area contributed by atoms with Crippen LogP contribution in [0.4, 0.5) is 0 Å². The second-order valence-corrected chi connectivity index (χ2v) is 3.23. The predicted octanol–water partition coefficient (Wildman–Crippen LogP) is 0.147. The lowest BCUT2D eigenvalue weighted by Gasteiger charge is -2.02. The summed E-state index contributed by atoms with van der Waals surface area (Å²) in [6.45, 7) is 0. The number of hydrogen-bond donors (Lipinski definition) is 1. The first-order valence-corrected chi connectivity index (χ1v) is 4.80. The highest BCUT2D eigenvalue weighted by molar-refractivity contribution is 5.87. The zero-order valence-electron chi connectivity index (χ0n) is 9.27. The van der Waals surface area contributed by atoms with Crippen molar-refractivity contribution in [2.75, 3.05) is 7.11 Å². The molecule has 1 N–H and O–H groups in total. The third kappa shape index (κ3) is 2.17. The predicted molar refractivity (Wildman–Crippen MR) is 57.5 cm³/mol. The number of hydrogen-bond acceptors (Lipinski definition) is 6. The number of esters is 1. The van der Waals surface area contributed by atoms with Gasteiger partial charge >= 0.3 is 11.9 Å². The monoisotopic (exact) mass is 248 g/mol. The third-order valence-corrected chi connectivity index (χ3v) is 2.08. The van der Waals surface area contributed by atoms with Crippen molar-refractivity contribution in [3.63, 3.8) is 0 Å². The van der Waals surface area contributed by atoms with Crippen LogP contribution in [0.2, 0.25) is 0 Å². The van der Waals surface area contributed by atoms with Crippen molar-refractivity contribution in [2.45, 2.75) is 0 Å². The molecule has 2 heterocycles. The lowest BCUT2D eigenvalue weighted by atomic mass is 10.4. The number of carbonyl (C=O) groups is 2. The van der Waals surface area contributed by atoms with E-state index < -0.39 is 11.9 Å². The van der Waals surface area contributed by atoms with E-state index in [1.165, 1.54) is 36.6 Å². The summed E-state index contributed by atoms with van der Waals surface area (Å²) in [5.74, 6) is -1.49. The molecule has 0 aliphatic carbocycles. The van der Waals surface area contributed by atoms with E-state index in [0.717, 1.165) is 0 Å². The van der Waals surface area contributed by atoms with E-state index in [-0.39, 0.29) is 17.2 Å². The van der Waals surface area contributed by atoms with Gasteiger partial charge in [0.2, 0.25) is 0 Å². The molecule has 8 heteroatoms. The molecule has 8 nitrogen and oxygen atoms in total.